The number of amides is 1. The van der Waals surface area contributed by atoms with Crippen LogP contribution < -0.4 is 29.7 Å². The molecule has 5 rings (SSSR count). The number of carbonyl (C=O) groups is 1. The van der Waals surface area contributed by atoms with E-state index in [0.29, 0.717) is 43.2 Å². The molecule has 4 aromatic rings. The van der Waals surface area contributed by atoms with Gasteiger partial charge >= 0.3 is 0 Å². The van der Waals surface area contributed by atoms with Crippen LogP contribution in [0.25, 0.3) is 6.08 Å². The van der Waals surface area contributed by atoms with Gasteiger partial charge in [0.1, 0.15) is 5.75 Å². The van der Waals surface area contributed by atoms with Crippen molar-refractivity contribution in [1.82, 2.24) is 4.57 Å². The summed E-state index contributed by atoms with van der Waals surface area (Å²) in [5.74, 6) is 0.240. The van der Waals surface area contributed by atoms with Gasteiger partial charge < -0.3 is 19.9 Å². The van der Waals surface area contributed by atoms with Gasteiger partial charge in [0.15, 0.2) is 16.3 Å². The summed E-state index contributed by atoms with van der Waals surface area (Å²) in [5.41, 5.74) is 2.41. The molecule has 0 bridgehead atoms. The smallest absolute Gasteiger partial charge is 0.271 e. The summed E-state index contributed by atoms with van der Waals surface area (Å²) >= 11 is 7.36. The van der Waals surface area contributed by atoms with Crippen molar-refractivity contribution in [3.05, 3.63) is 114 Å². The summed E-state index contributed by atoms with van der Waals surface area (Å²) in [7, 11) is 2.98. The monoisotopic (exact) mass is 561 g/mol. The number of allylic oxidation sites excluding steroid dienone is 1. The molecular formula is C29H24ClN3O5S. The van der Waals surface area contributed by atoms with Gasteiger partial charge in [-0.2, -0.15) is 0 Å². The van der Waals surface area contributed by atoms with Gasteiger partial charge in [-0.3, -0.25) is 14.2 Å². The lowest BCUT2D eigenvalue weighted by Crippen LogP contribution is -2.40. The molecule has 1 amide bonds. The van der Waals surface area contributed by atoms with Gasteiger partial charge in [0, 0.05) is 5.69 Å². The number of aromatic hydroxyl groups is 1. The highest BCUT2D eigenvalue weighted by Crippen LogP contribution is 2.35. The Morgan fingerprint density at radius 1 is 1.10 bits per heavy atom. The van der Waals surface area contributed by atoms with E-state index < -0.39 is 6.04 Å². The minimum Gasteiger partial charge on any atom is -0.503 e. The predicted octanol–water partition coefficient (Wildman–Crippen LogP) is 4.25. The molecule has 0 spiro atoms. The maximum Gasteiger partial charge on any atom is 0.271 e. The number of methoxy groups -OCH3 is 2. The van der Waals surface area contributed by atoms with Crippen LogP contribution in [0.3, 0.4) is 0 Å². The molecule has 1 atom stereocenters. The van der Waals surface area contributed by atoms with E-state index in [1.807, 2.05) is 30.3 Å². The van der Waals surface area contributed by atoms with E-state index in [9.17, 15) is 14.7 Å². The fourth-order valence-electron chi connectivity index (χ4n) is 4.44. The molecule has 3 aromatic carbocycles. The Morgan fingerprint density at radius 3 is 2.59 bits per heavy atom. The Morgan fingerprint density at radius 2 is 1.87 bits per heavy atom. The maximum atomic E-state index is 13.9. The number of ether oxygens (including phenoxy) is 2. The van der Waals surface area contributed by atoms with Crippen molar-refractivity contribution in [1.29, 1.82) is 0 Å². The number of phenols is 1. The normalized spacial score (nSPS) is 15.0. The summed E-state index contributed by atoms with van der Waals surface area (Å²) in [6.07, 6.45) is 1.66. The van der Waals surface area contributed by atoms with E-state index in [2.05, 4.69) is 10.3 Å². The second kappa shape index (κ2) is 10.8. The number of rotatable bonds is 6. The Labute approximate surface area is 232 Å². The number of nitrogens with zero attached hydrogens (tertiary/aromatic N) is 2. The molecule has 10 heteroatoms. The van der Waals surface area contributed by atoms with Crippen LogP contribution in [-0.2, 0) is 4.79 Å². The van der Waals surface area contributed by atoms with Crippen molar-refractivity contribution in [3.8, 4) is 17.2 Å². The van der Waals surface area contributed by atoms with Gasteiger partial charge in [-0.1, -0.05) is 53.3 Å². The number of carbonyl (C=O) groups excluding carboxylic acids is 1. The third kappa shape index (κ3) is 5.06. The molecule has 39 heavy (non-hydrogen) atoms. The zero-order valence-electron chi connectivity index (χ0n) is 21.3. The first-order chi connectivity index (χ1) is 18.8. The second-order valence-corrected chi connectivity index (χ2v) is 10.1. The van der Waals surface area contributed by atoms with Crippen molar-refractivity contribution < 1.29 is 19.4 Å². The molecule has 0 fully saturated rings. The van der Waals surface area contributed by atoms with E-state index >= 15 is 0 Å². The van der Waals surface area contributed by atoms with Crippen molar-refractivity contribution in [2.45, 2.75) is 13.0 Å². The van der Waals surface area contributed by atoms with Crippen LogP contribution in [0.15, 0.2) is 87.8 Å². The number of hydrogen-bond acceptors (Lipinski definition) is 7. The molecule has 0 aliphatic carbocycles. The maximum absolute atomic E-state index is 13.9. The number of halogens is 1. The molecule has 1 aromatic heterocycles. The van der Waals surface area contributed by atoms with Crippen molar-refractivity contribution in [3.63, 3.8) is 0 Å². The summed E-state index contributed by atoms with van der Waals surface area (Å²) in [4.78, 5) is 32.6. The molecule has 2 heterocycles. The quantitative estimate of drug-likeness (QED) is 0.366. The molecule has 198 valence electrons. The highest BCUT2D eigenvalue weighted by atomic mass is 35.5. The van der Waals surface area contributed by atoms with Crippen LogP contribution >= 0.6 is 22.9 Å². The van der Waals surface area contributed by atoms with Crippen molar-refractivity contribution >= 4 is 40.6 Å². The van der Waals surface area contributed by atoms with E-state index in [1.165, 1.54) is 23.0 Å². The lowest BCUT2D eigenvalue weighted by Gasteiger charge is -2.25. The minimum absolute atomic E-state index is 0.0957. The molecule has 1 unspecified atom stereocenters. The third-order valence-electron chi connectivity index (χ3n) is 6.28. The molecule has 0 radical (unpaired) electrons. The SMILES string of the molecule is COc1cccc(C2C(C(=O)Nc3ccccc3)=C(C)N=c3sc(=Cc4cc(Cl)c(O)c(OC)c4)c(=O)n32)c1. The summed E-state index contributed by atoms with van der Waals surface area (Å²) < 4.78 is 12.5. The first-order valence-corrected chi connectivity index (χ1v) is 13.1. The number of para-hydroxylation sites is 1. The summed E-state index contributed by atoms with van der Waals surface area (Å²) in [5, 5.41) is 13.1. The molecule has 8 nitrogen and oxygen atoms in total. The van der Waals surface area contributed by atoms with Gasteiger partial charge in [-0.25, -0.2) is 4.99 Å². The van der Waals surface area contributed by atoms with E-state index in [4.69, 9.17) is 21.1 Å². The van der Waals surface area contributed by atoms with Gasteiger partial charge in [0.05, 0.1) is 41.1 Å². The molecular weight excluding hydrogens is 538 g/mol. The second-order valence-electron chi connectivity index (χ2n) is 8.73. The van der Waals surface area contributed by atoms with Crippen LogP contribution in [0.2, 0.25) is 5.02 Å². The number of aromatic nitrogens is 1. The van der Waals surface area contributed by atoms with Crippen LogP contribution in [0, 0.1) is 0 Å². The van der Waals surface area contributed by atoms with Crippen molar-refractivity contribution in [2.24, 2.45) is 4.99 Å². The fraction of sp³-hybridized carbons (Fsp3) is 0.138. The summed E-state index contributed by atoms with van der Waals surface area (Å²) in [6, 6.07) is 18.8. The highest BCUT2D eigenvalue weighted by molar-refractivity contribution is 7.07. The first-order valence-electron chi connectivity index (χ1n) is 11.9. The predicted molar refractivity (Wildman–Crippen MR) is 152 cm³/mol. The topological polar surface area (TPSA) is 102 Å². The number of benzene rings is 3. The zero-order valence-corrected chi connectivity index (χ0v) is 22.8. The van der Waals surface area contributed by atoms with E-state index in [-0.39, 0.29) is 28.0 Å². The highest BCUT2D eigenvalue weighted by Gasteiger charge is 2.32. The Bertz CT molecular complexity index is 1790. The average Bonchev–Trinajstić information content (AvgIpc) is 3.24. The number of hydrogen-bond donors (Lipinski definition) is 2. The Hall–Kier alpha value is -4.34. The number of anilines is 1. The lowest BCUT2D eigenvalue weighted by molar-refractivity contribution is -0.113. The molecule has 0 saturated carbocycles. The molecule has 2 N–H and O–H groups in total. The Balaban J connectivity index is 1.69. The van der Waals surface area contributed by atoms with Gasteiger partial charge in [0.25, 0.3) is 11.5 Å². The molecule has 1 aliphatic rings. The fourth-order valence-corrected chi connectivity index (χ4v) is 5.71. The summed E-state index contributed by atoms with van der Waals surface area (Å²) in [6.45, 7) is 1.76. The van der Waals surface area contributed by atoms with Crippen LogP contribution in [-0.4, -0.2) is 29.8 Å². The Kier molecular flexibility index (Phi) is 7.28. The zero-order chi connectivity index (χ0) is 27.7. The minimum atomic E-state index is -0.750. The third-order valence-corrected chi connectivity index (χ3v) is 7.55. The van der Waals surface area contributed by atoms with E-state index in [1.54, 1.807) is 56.5 Å². The number of nitrogens with one attached hydrogen (secondary N) is 1. The average molecular weight is 562 g/mol. The van der Waals surface area contributed by atoms with Crippen molar-refractivity contribution in [2.75, 3.05) is 19.5 Å². The van der Waals surface area contributed by atoms with Crippen LogP contribution in [0.4, 0.5) is 5.69 Å². The van der Waals surface area contributed by atoms with Crippen LogP contribution in [0.1, 0.15) is 24.1 Å². The van der Waals surface area contributed by atoms with E-state index in [0.717, 1.165) is 0 Å². The van der Waals surface area contributed by atoms with Gasteiger partial charge in [-0.05, 0) is 60.5 Å². The van der Waals surface area contributed by atoms with Crippen LogP contribution in [0.5, 0.6) is 17.2 Å². The number of phenolic OH excluding ortho intramolecular Hbond substituents is 1. The van der Waals surface area contributed by atoms with Gasteiger partial charge in [-0.15, -0.1) is 0 Å². The lowest BCUT2D eigenvalue weighted by atomic mass is 9.95. The first kappa shape index (κ1) is 26.3. The largest absolute Gasteiger partial charge is 0.503 e. The standard InChI is InChI=1S/C29H24ClN3O5S/c1-16-24(27(35)32-19-9-5-4-6-10-19)25(18-8-7-11-20(15-18)37-2)33-28(36)23(39-29(33)31-16)14-17-12-21(30)26(34)22(13-17)38-3/h4-15,25,34H,1-3H3,(H,32,35). The molecule has 1 aliphatic heterocycles. The number of thiazole rings is 1. The number of fused-ring (bicyclic) bond motifs is 1. The molecule has 0 saturated heterocycles. The van der Waals surface area contributed by atoms with Gasteiger partial charge in [0.2, 0.25) is 0 Å².